The summed E-state index contributed by atoms with van der Waals surface area (Å²) in [6.45, 7) is 32.3. The van der Waals surface area contributed by atoms with Gasteiger partial charge in [-0.25, -0.2) is 4.98 Å². The number of hydrogen-bond acceptors (Lipinski definition) is 6. The average molecular weight is 868 g/mol. The SMILES string of the molecule is CC(C)C(C)O.CC(C)CC(=O)O.CC(C)CCC(N)=O.CC(C)CCCCN.CC(C)Cc1c[nH]c2ccccc12.CC(C)Cc1ccc(O)cc1.CC(C)Cc1cnc[nH]1. The lowest BCUT2D eigenvalue weighted by molar-refractivity contribution is -0.137. The monoisotopic (exact) mass is 868 g/mol. The lowest BCUT2D eigenvalue weighted by Crippen LogP contribution is -2.10. The van der Waals surface area contributed by atoms with Crippen LogP contribution in [0.1, 0.15) is 159 Å². The Morgan fingerprint density at radius 2 is 1.21 bits per heavy atom. The Bertz CT molecular complexity index is 1590. The number of carbonyl (C=O) groups is 2. The first-order chi connectivity index (χ1) is 28.9. The summed E-state index contributed by atoms with van der Waals surface area (Å²) in [5.41, 5.74) is 15.4. The number of carboxylic acid groups (broad SMARTS) is 1. The molecule has 10 heteroatoms. The van der Waals surface area contributed by atoms with Crippen LogP contribution in [0.25, 0.3) is 10.9 Å². The van der Waals surface area contributed by atoms with E-state index in [-0.39, 0.29) is 24.3 Å². The van der Waals surface area contributed by atoms with Crippen LogP contribution in [0.5, 0.6) is 5.75 Å². The summed E-state index contributed by atoms with van der Waals surface area (Å²) in [5, 5.41) is 27.1. The fourth-order valence-electron chi connectivity index (χ4n) is 5.16. The lowest BCUT2D eigenvalue weighted by atomic mass is 10.0. The number of aromatic amines is 2. The molecular formula is C52H93N5O5. The second-order valence-electron chi connectivity index (χ2n) is 19.0. The smallest absolute Gasteiger partial charge is 0.303 e. The first-order valence-electron chi connectivity index (χ1n) is 23.1. The highest BCUT2D eigenvalue weighted by atomic mass is 16.4. The van der Waals surface area contributed by atoms with Crippen LogP contribution in [0.4, 0.5) is 0 Å². The van der Waals surface area contributed by atoms with Gasteiger partial charge in [-0.3, -0.25) is 9.59 Å². The Hall–Kier alpha value is -4.15. The number of phenols is 1. The van der Waals surface area contributed by atoms with Crippen molar-refractivity contribution in [3.63, 3.8) is 0 Å². The number of imidazole rings is 1. The lowest BCUT2D eigenvalue weighted by Gasteiger charge is -2.04. The molecule has 4 aromatic rings. The van der Waals surface area contributed by atoms with Crippen molar-refractivity contribution in [2.45, 2.75) is 168 Å². The quantitative estimate of drug-likeness (QED) is 0.0545. The molecule has 0 aliphatic rings. The van der Waals surface area contributed by atoms with Gasteiger partial charge in [-0.2, -0.15) is 0 Å². The number of carboxylic acids is 1. The standard InChI is InChI=1S/C12H15N.C10H14O.C7H12N2.C7H17N.C6H13NO.C5H10O2.C5H12O/c1-9(2)7-10-8-13-12-6-4-3-5-11(10)12;1-8(2)7-9-3-5-10(11)6-4-9;1-6(2)3-7-4-8-5-9-7;1-7(2)5-3-4-6-8;1-5(2)3-4-6(7)8;1-4(2)3-5(6)7;1-4(2)5(3)6/h3-6,8-9,13H,7H2,1-2H3;3-6,8,11H,7H2,1-2H3;4-6H,3H2,1-2H3,(H,8,9);7H,3-6,8H2,1-2H3;5H,3-4H2,1-2H3,(H2,7,8);4H,3H2,1-2H3,(H,6,7);4-6H,1-3H3. The predicted octanol–water partition coefficient (Wildman–Crippen LogP) is 12.4. The zero-order valence-electron chi connectivity index (χ0n) is 41.8. The molecule has 2 heterocycles. The fourth-order valence-corrected chi connectivity index (χ4v) is 5.16. The molecule has 356 valence electrons. The molecule has 0 aliphatic heterocycles. The summed E-state index contributed by atoms with van der Waals surface area (Å²) < 4.78 is 0. The molecule has 0 radical (unpaired) electrons. The van der Waals surface area contributed by atoms with Gasteiger partial charge in [-0.1, -0.05) is 140 Å². The highest BCUT2D eigenvalue weighted by molar-refractivity contribution is 5.83. The number of nitrogens with two attached hydrogens (primary N) is 2. The van der Waals surface area contributed by atoms with Crippen molar-refractivity contribution in [1.29, 1.82) is 0 Å². The second kappa shape index (κ2) is 38.5. The first-order valence-corrected chi connectivity index (χ1v) is 23.1. The van der Waals surface area contributed by atoms with Crippen molar-refractivity contribution in [2.75, 3.05) is 6.54 Å². The minimum atomic E-state index is -0.713. The zero-order valence-corrected chi connectivity index (χ0v) is 41.8. The summed E-state index contributed by atoms with van der Waals surface area (Å²) in [6, 6.07) is 15.9. The minimum absolute atomic E-state index is 0.148. The maximum Gasteiger partial charge on any atom is 0.303 e. The van der Waals surface area contributed by atoms with Crippen LogP contribution in [0.15, 0.2) is 67.3 Å². The number of phenolic OH excluding ortho intramolecular Hbond substituents is 1. The van der Waals surface area contributed by atoms with E-state index >= 15 is 0 Å². The highest BCUT2D eigenvalue weighted by Crippen LogP contribution is 2.20. The van der Waals surface area contributed by atoms with Gasteiger partial charge >= 0.3 is 5.97 Å². The third-order valence-electron chi connectivity index (χ3n) is 8.82. The molecule has 62 heavy (non-hydrogen) atoms. The normalized spacial score (nSPS) is 11.0. The van der Waals surface area contributed by atoms with Gasteiger partial charge in [0.05, 0.1) is 12.4 Å². The molecule has 0 fully saturated rings. The van der Waals surface area contributed by atoms with Crippen LogP contribution in [0, 0.1) is 41.4 Å². The van der Waals surface area contributed by atoms with E-state index in [0.29, 0.717) is 35.8 Å². The largest absolute Gasteiger partial charge is 0.508 e. The second-order valence-corrected chi connectivity index (χ2v) is 19.0. The minimum Gasteiger partial charge on any atom is -0.508 e. The van der Waals surface area contributed by atoms with Gasteiger partial charge in [0.25, 0.3) is 0 Å². The summed E-state index contributed by atoms with van der Waals surface area (Å²) in [7, 11) is 0. The number of nitrogens with zero attached hydrogens (tertiary/aromatic N) is 1. The summed E-state index contributed by atoms with van der Waals surface area (Å²) in [4.78, 5) is 30.2. The van der Waals surface area contributed by atoms with Gasteiger partial charge in [0.2, 0.25) is 5.91 Å². The van der Waals surface area contributed by atoms with Crippen LogP contribution >= 0.6 is 0 Å². The number of rotatable bonds is 16. The number of unbranched alkanes of at least 4 members (excludes halogenated alkanes) is 1. The van der Waals surface area contributed by atoms with E-state index in [9.17, 15) is 9.59 Å². The summed E-state index contributed by atoms with van der Waals surface area (Å²) >= 11 is 0. The number of aliphatic carboxylic acids is 1. The number of aromatic hydroxyl groups is 1. The van der Waals surface area contributed by atoms with E-state index in [1.54, 1.807) is 25.4 Å². The number of hydrogen-bond donors (Lipinski definition) is 7. The van der Waals surface area contributed by atoms with E-state index in [1.807, 2.05) is 46.0 Å². The van der Waals surface area contributed by atoms with E-state index in [2.05, 4.69) is 115 Å². The maximum absolute atomic E-state index is 10.1. The van der Waals surface area contributed by atoms with Crippen LogP contribution in [0.3, 0.4) is 0 Å². The van der Waals surface area contributed by atoms with Crippen LogP contribution in [-0.4, -0.2) is 54.8 Å². The number of para-hydroxylation sites is 1. The first kappa shape index (κ1) is 62.1. The number of primary amides is 1. The number of benzene rings is 2. The molecule has 4 rings (SSSR count). The Morgan fingerprint density at radius 1 is 0.677 bits per heavy atom. The van der Waals surface area contributed by atoms with Crippen molar-refractivity contribution in [3.8, 4) is 5.75 Å². The van der Waals surface area contributed by atoms with E-state index in [1.165, 1.54) is 47.0 Å². The van der Waals surface area contributed by atoms with Crippen LogP contribution < -0.4 is 11.5 Å². The Kier molecular flexibility index (Phi) is 38.6. The molecule has 0 bridgehead atoms. The maximum atomic E-state index is 10.1. The van der Waals surface area contributed by atoms with Crippen LogP contribution in [0.2, 0.25) is 0 Å². The van der Waals surface area contributed by atoms with Crippen molar-refractivity contribution in [2.24, 2.45) is 52.9 Å². The van der Waals surface area contributed by atoms with E-state index < -0.39 is 5.97 Å². The molecule has 10 nitrogen and oxygen atoms in total. The van der Waals surface area contributed by atoms with Gasteiger partial charge in [-0.15, -0.1) is 0 Å². The molecule has 2 aromatic heterocycles. The van der Waals surface area contributed by atoms with E-state index in [0.717, 1.165) is 44.1 Å². The van der Waals surface area contributed by atoms with Crippen molar-refractivity contribution in [3.05, 3.63) is 84.1 Å². The highest BCUT2D eigenvalue weighted by Gasteiger charge is 2.04. The molecule has 0 saturated carbocycles. The van der Waals surface area contributed by atoms with Crippen LogP contribution in [-0.2, 0) is 28.9 Å². The summed E-state index contributed by atoms with van der Waals surface area (Å²) in [6.07, 6.45) is 14.5. The molecule has 0 aliphatic carbocycles. The van der Waals surface area contributed by atoms with Gasteiger partial charge in [0.1, 0.15) is 5.75 Å². The number of H-pyrrole nitrogens is 2. The molecule has 1 amide bonds. The van der Waals surface area contributed by atoms with Gasteiger partial charge in [-0.05, 0) is 116 Å². The number of amides is 1. The Labute approximate surface area is 378 Å². The number of aromatic nitrogens is 3. The molecule has 0 saturated heterocycles. The molecule has 9 N–H and O–H groups in total. The van der Waals surface area contributed by atoms with Crippen molar-refractivity contribution in [1.82, 2.24) is 15.0 Å². The Balaban J connectivity index is -0.000000666. The van der Waals surface area contributed by atoms with E-state index in [4.69, 9.17) is 26.8 Å². The van der Waals surface area contributed by atoms with Crippen molar-refractivity contribution >= 4 is 22.8 Å². The predicted molar refractivity (Wildman–Crippen MR) is 265 cm³/mol. The number of fused-ring (bicyclic) bond motifs is 1. The molecule has 1 atom stereocenters. The fraction of sp³-hybridized carbons (Fsp3) is 0.635. The topological polar surface area (TPSA) is 191 Å². The number of nitrogens with one attached hydrogen (secondary N) is 2. The molecule has 0 spiro atoms. The number of carbonyl (C=O) groups excluding carboxylic acids is 1. The average Bonchev–Trinajstić information content (AvgIpc) is 3.82. The third-order valence-corrected chi connectivity index (χ3v) is 8.82. The zero-order chi connectivity index (χ0) is 48.2. The number of aliphatic hydroxyl groups is 1. The van der Waals surface area contributed by atoms with Gasteiger partial charge in [0, 0.05) is 41.8 Å². The summed E-state index contributed by atoms with van der Waals surface area (Å²) in [5.74, 6) is 3.67. The van der Waals surface area contributed by atoms with Gasteiger partial charge < -0.3 is 36.8 Å². The Morgan fingerprint density at radius 3 is 1.58 bits per heavy atom. The molecular weight excluding hydrogens is 775 g/mol. The third kappa shape index (κ3) is 42.5. The van der Waals surface area contributed by atoms with Gasteiger partial charge in [0.15, 0.2) is 0 Å². The van der Waals surface area contributed by atoms with Crippen molar-refractivity contribution < 1.29 is 24.9 Å². The molecule has 1 unspecified atom stereocenters. The molecule has 2 aromatic carbocycles. The number of aliphatic hydroxyl groups excluding tert-OH is 1.